The summed E-state index contributed by atoms with van der Waals surface area (Å²) in [5, 5.41) is 2.13. The summed E-state index contributed by atoms with van der Waals surface area (Å²) in [4.78, 5) is 11.7. The van der Waals surface area contributed by atoms with Crippen LogP contribution in [0.5, 0.6) is 5.75 Å². The number of methoxy groups -OCH3 is 1. The molecule has 0 aliphatic rings. The van der Waals surface area contributed by atoms with Gasteiger partial charge in [-0.25, -0.2) is 4.79 Å². The Morgan fingerprint density at radius 1 is 1.33 bits per heavy atom. The molecule has 0 heterocycles. The normalized spacial score (nSPS) is 10.4. The van der Waals surface area contributed by atoms with Crippen molar-refractivity contribution in [3.05, 3.63) is 40.9 Å². The molecule has 0 spiro atoms. The van der Waals surface area contributed by atoms with Crippen molar-refractivity contribution < 1.29 is 14.3 Å². The van der Waals surface area contributed by atoms with Gasteiger partial charge in [0.15, 0.2) is 0 Å². The van der Waals surface area contributed by atoms with Crippen LogP contribution < -0.4 is 4.74 Å². The largest absolute Gasteiger partial charge is 0.496 e. The molecule has 2 aromatic rings. The predicted molar refractivity (Wildman–Crippen MR) is 71.5 cm³/mol. The predicted octanol–water partition coefficient (Wildman–Crippen LogP) is 3.68. The molecule has 0 fully saturated rings. The highest BCUT2D eigenvalue weighted by Gasteiger charge is 2.13. The van der Waals surface area contributed by atoms with Gasteiger partial charge in [-0.2, -0.15) is 0 Å². The molecule has 0 atom stereocenters. The third kappa shape index (κ3) is 2.27. The molecule has 0 saturated carbocycles. The van der Waals surface area contributed by atoms with Crippen LogP contribution in [-0.2, 0) is 4.74 Å². The van der Waals surface area contributed by atoms with Crippen molar-refractivity contribution >= 4 is 28.3 Å². The van der Waals surface area contributed by atoms with Gasteiger partial charge in [0.25, 0.3) is 0 Å². The van der Waals surface area contributed by atoms with Crippen molar-refractivity contribution in [3.63, 3.8) is 0 Å². The maximum Gasteiger partial charge on any atom is 0.339 e. The number of rotatable bonds is 3. The number of carbonyl (C=O) groups excluding carboxylic acids is 1. The van der Waals surface area contributed by atoms with Gasteiger partial charge in [-0.1, -0.05) is 23.7 Å². The average molecular weight is 265 g/mol. The highest BCUT2D eigenvalue weighted by molar-refractivity contribution is 6.34. The lowest BCUT2D eigenvalue weighted by atomic mass is 10.1. The van der Waals surface area contributed by atoms with E-state index in [9.17, 15) is 4.79 Å². The molecule has 0 aliphatic carbocycles. The van der Waals surface area contributed by atoms with Crippen molar-refractivity contribution in [1.82, 2.24) is 0 Å². The van der Waals surface area contributed by atoms with E-state index in [1.807, 2.05) is 18.2 Å². The SMILES string of the molecule is CCOC(=O)c1cc2cccc(OC)c2cc1Cl. The zero-order valence-corrected chi connectivity index (χ0v) is 11.0. The fraction of sp³-hybridized carbons (Fsp3) is 0.214. The summed E-state index contributed by atoms with van der Waals surface area (Å²) in [5.41, 5.74) is 0.374. The summed E-state index contributed by atoms with van der Waals surface area (Å²) in [7, 11) is 1.60. The number of carbonyl (C=O) groups is 1. The monoisotopic (exact) mass is 264 g/mol. The molecule has 0 aliphatic heterocycles. The molecule has 3 nitrogen and oxygen atoms in total. The third-order valence-electron chi connectivity index (χ3n) is 2.64. The van der Waals surface area contributed by atoms with Gasteiger partial charge < -0.3 is 9.47 Å². The van der Waals surface area contributed by atoms with E-state index in [4.69, 9.17) is 21.1 Å². The first-order valence-electron chi connectivity index (χ1n) is 5.60. The van der Waals surface area contributed by atoms with Crippen LogP contribution in [0.25, 0.3) is 10.8 Å². The molecule has 0 bridgehead atoms. The minimum Gasteiger partial charge on any atom is -0.496 e. The lowest BCUT2D eigenvalue weighted by Gasteiger charge is -2.09. The summed E-state index contributed by atoms with van der Waals surface area (Å²) >= 11 is 6.11. The summed E-state index contributed by atoms with van der Waals surface area (Å²) in [6, 6.07) is 9.06. The van der Waals surface area contributed by atoms with Gasteiger partial charge in [0, 0.05) is 5.39 Å². The smallest absolute Gasteiger partial charge is 0.339 e. The summed E-state index contributed by atoms with van der Waals surface area (Å²) in [6.07, 6.45) is 0. The Bertz CT molecular complexity index is 593. The van der Waals surface area contributed by atoms with E-state index in [2.05, 4.69) is 0 Å². The van der Waals surface area contributed by atoms with Gasteiger partial charge in [-0.15, -0.1) is 0 Å². The van der Waals surface area contributed by atoms with Crippen LogP contribution in [0, 0.1) is 0 Å². The van der Waals surface area contributed by atoms with Crippen LogP contribution in [-0.4, -0.2) is 19.7 Å². The zero-order chi connectivity index (χ0) is 13.1. The minimum absolute atomic E-state index is 0.325. The van der Waals surface area contributed by atoms with Crippen LogP contribution in [0.4, 0.5) is 0 Å². The Morgan fingerprint density at radius 3 is 2.78 bits per heavy atom. The van der Waals surface area contributed by atoms with Gasteiger partial charge >= 0.3 is 5.97 Å². The van der Waals surface area contributed by atoms with Crippen LogP contribution in [0.2, 0.25) is 5.02 Å². The molecule has 0 saturated heterocycles. The van der Waals surface area contributed by atoms with E-state index >= 15 is 0 Å². The Balaban J connectivity index is 2.59. The average Bonchev–Trinajstić information content (AvgIpc) is 2.37. The molecule has 0 radical (unpaired) electrons. The fourth-order valence-electron chi connectivity index (χ4n) is 1.81. The Morgan fingerprint density at radius 2 is 2.11 bits per heavy atom. The number of ether oxygens (including phenoxy) is 2. The number of fused-ring (bicyclic) bond motifs is 1. The lowest BCUT2D eigenvalue weighted by Crippen LogP contribution is -2.05. The molecule has 2 aromatic carbocycles. The van der Waals surface area contributed by atoms with E-state index in [-0.39, 0.29) is 0 Å². The van der Waals surface area contributed by atoms with E-state index in [1.165, 1.54) is 0 Å². The Hall–Kier alpha value is -1.74. The second-order valence-electron chi connectivity index (χ2n) is 3.73. The van der Waals surface area contributed by atoms with Gasteiger partial charge in [0.1, 0.15) is 5.75 Å². The Kier molecular flexibility index (Phi) is 3.72. The Labute approximate surface area is 110 Å². The third-order valence-corrected chi connectivity index (χ3v) is 2.96. The number of hydrogen-bond donors (Lipinski definition) is 0. The molecule has 0 aromatic heterocycles. The molecule has 0 amide bonds. The van der Waals surface area contributed by atoms with Crippen molar-refractivity contribution in [1.29, 1.82) is 0 Å². The number of esters is 1. The van der Waals surface area contributed by atoms with Crippen molar-refractivity contribution in [2.45, 2.75) is 6.92 Å². The first kappa shape index (κ1) is 12.7. The van der Waals surface area contributed by atoms with E-state index in [1.54, 1.807) is 26.2 Å². The summed E-state index contributed by atoms with van der Waals surface area (Å²) in [6.45, 7) is 2.08. The molecule has 4 heteroatoms. The molecular weight excluding hydrogens is 252 g/mol. The van der Waals surface area contributed by atoms with E-state index < -0.39 is 5.97 Å². The zero-order valence-electron chi connectivity index (χ0n) is 10.2. The number of hydrogen-bond acceptors (Lipinski definition) is 3. The van der Waals surface area contributed by atoms with Crippen LogP contribution in [0.15, 0.2) is 30.3 Å². The highest BCUT2D eigenvalue weighted by Crippen LogP contribution is 2.30. The second kappa shape index (κ2) is 5.27. The van der Waals surface area contributed by atoms with Crippen LogP contribution in [0.3, 0.4) is 0 Å². The maximum absolute atomic E-state index is 11.7. The molecule has 18 heavy (non-hydrogen) atoms. The summed E-state index contributed by atoms with van der Waals surface area (Å²) in [5.74, 6) is 0.317. The van der Waals surface area contributed by atoms with E-state index in [0.717, 1.165) is 16.5 Å². The van der Waals surface area contributed by atoms with Crippen molar-refractivity contribution in [2.75, 3.05) is 13.7 Å². The molecule has 94 valence electrons. The molecule has 0 unspecified atom stereocenters. The molecule has 2 rings (SSSR count). The van der Waals surface area contributed by atoms with Gasteiger partial charge in [0.05, 0.1) is 24.3 Å². The van der Waals surface area contributed by atoms with Gasteiger partial charge in [0.2, 0.25) is 0 Å². The topological polar surface area (TPSA) is 35.5 Å². The first-order valence-corrected chi connectivity index (χ1v) is 5.98. The number of halogens is 1. The number of benzene rings is 2. The van der Waals surface area contributed by atoms with Crippen LogP contribution in [0.1, 0.15) is 17.3 Å². The van der Waals surface area contributed by atoms with E-state index in [0.29, 0.717) is 17.2 Å². The quantitative estimate of drug-likeness (QED) is 0.794. The maximum atomic E-state index is 11.7. The van der Waals surface area contributed by atoms with Gasteiger partial charge in [-0.05, 0) is 30.5 Å². The lowest BCUT2D eigenvalue weighted by molar-refractivity contribution is 0.0527. The highest BCUT2D eigenvalue weighted by atomic mass is 35.5. The molecule has 0 N–H and O–H groups in total. The standard InChI is InChI=1S/C14H13ClO3/c1-3-18-14(16)11-7-9-5-4-6-13(17-2)10(9)8-12(11)15/h4-8H,3H2,1-2H3. The first-order chi connectivity index (χ1) is 8.67. The van der Waals surface area contributed by atoms with Gasteiger partial charge in [-0.3, -0.25) is 0 Å². The summed E-state index contributed by atoms with van der Waals surface area (Å²) < 4.78 is 10.2. The molecular formula is C14H13ClO3. The van der Waals surface area contributed by atoms with Crippen molar-refractivity contribution in [2.24, 2.45) is 0 Å². The minimum atomic E-state index is -0.410. The van der Waals surface area contributed by atoms with Crippen LogP contribution >= 0.6 is 11.6 Å². The fourth-order valence-corrected chi connectivity index (χ4v) is 2.05. The van der Waals surface area contributed by atoms with Crippen molar-refractivity contribution in [3.8, 4) is 5.75 Å². The second-order valence-corrected chi connectivity index (χ2v) is 4.14.